The van der Waals surface area contributed by atoms with E-state index >= 15 is 0 Å². The molecule has 2 heterocycles. The fourth-order valence-corrected chi connectivity index (χ4v) is 4.64. The quantitative estimate of drug-likeness (QED) is 0.388. The molecule has 0 aliphatic carbocycles. The van der Waals surface area contributed by atoms with Crippen molar-refractivity contribution in [1.82, 2.24) is 4.90 Å². The molecule has 6 heteroatoms. The molecule has 1 aliphatic heterocycles. The van der Waals surface area contributed by atoms with Crippen LogP contribution >= 0.6 is 0 Å². The van der Waals surface area contributed by atoms with Crippen LogP contribution in [0.1, 0.15) is 44.2 Å². The fourth-order valence-electron chi connectivity index (χ4n) is 4.64. The molecule has 1 aliphatic rings. The summed E-state index contributed by atoms with van der Waals surface area (Å²) in [5.74, 6) is 2.26. The second kappa shape index (κ2) is 10.2. The number of fused-ring (bicyclic) bond motifs is 1. The van der Waals surface area contributed by atoms with Crippen molar-refractivity contribution in [2.24, 2.45) is 0 Å². The van der Waals surface area contributed by atoms with Crippen molar-refractivity contribution in [3.63, 3.8) is 0 Å². The van der Waals surface area contributed by atoms with E-state index in [0.29, 0.717) is 6.61 Å². The van der Waals surface area contributed by atoms with Gasteiger partial charge in [0, 0.05) is 46.8 Å². The maximum atomic E-state index is 13.0. The minimum Gasteiger partial charge on any atom is -0.497 e. The molecule has 0 spiro atoms. The Morgan fingerprint density at radius 3 is 2.53 bits per heavy atom. The molecule has 0 bridgehead atoms. The Bertz CT molecular complexity index is 1220. The summed E-state index contributed by atoms with van der Waals surface area (Å²) >= 11 is 0. The van der Waals surface area contributed by atoms with E-state index in [2.05, 4.69) is 6.07 Å². The number of furan rings is 1. The SMILES string of the molecule is CCOc1c(/C(C)=C/C(=O)N2CCCCC2)cc2c(-c3cc(OC)ccc3OC)coc2c1C. The van der Waals surface area contributed by atoms with Crippen LogP contribution in [-0.4, -0.2) is 44.7 Å². The molecule has 1 aromatic heterocycles. The Morgan fingerprint density at radius 1 is 1.09 bits per heavy atom. The predicted octanol–water partition coefficient (Wildman–Crippen LogP) is 6.24. The maximum absolute atomic E-state index is 13.0. The topological polar surface area (TPSA) is 61.1 Å². The van der Waals surface area contributed by atoms with Gasteiger partial charge in [0.05, 0.1) is 27.1 Å². The summed E-state index contributed by atoms with van der Waals surface area (Å²) in [4.78, 5) is 14.9. The molecule has 180 valence electrons. The van der Waals surface area contributed by atoms with E-state index in [0.717, 1.165) is 82.0 Å². The summed E-state index contributed by atoms with van der Waals surface area (Å²) in [6.07, 6.45) is 6.80. The van der Waals surface area contributed by atoms with Crippen LogP contribution < -0.4 is 14.2 Å². The number of benzene rings is 2. The zero-order valence-corrected chi connectivity index (χ0v) is 20.7. The van der Waals surface area contributed by atoms with Gasteiger partial charge < -0.3 is 23.5 Å². The summed E-state index contributed by atoms with van der Waals surface area (Å²) in [5, 5.41) is 0.931. The average molecular weight is 464 g/mol. The molecular formula is C28H33NO5. The summed E-state index contributed by atoms with van der Waals surface area (Å²) in [6, 6.07) is 7.75. The smallest absolute Gasteiger partial charge is 0.246 e. The summed E-state index contributed by atoms with van der Waals surface area (Å²) in [6.45, 7) is 8.08. The average Bonchev–Trinajstić information content (AvgIpc) is 3.29. The molecular weight excluding hydrogens is 430 g/mol. The highest BCUT2D eigenvalue weighted by Crippen LogP contribution is 2.43. The fraction of sp³-hybridized carbons (Fsp3) is 0.393. The number of piperidine rings is 1. The monoisotopic (exact) mass is 463 g/mol. The van der Waals surface area contributed by atoms with Crippen LogP contribution in [0.25, 0.3) is 27.7 Å². The van der Waals surface area contributed by atoms with Gasteiger partial charge in [-0.15, -0.1) is 0 Å². The van der Waals surface area contributed by atoms with E-state index in [-0.39, 0.29) is 5.91 Å². The number of nitrogens with zero attached hydrogens (tertiary/aromatic N) is 1. The molecule has 0 atom stereocenters. The molecule has 0 saturated carbocycles. The molecule has 0 unspecified atom stereocenters. The third kappa shape index (κ3) is 4.49. The molecule has 1 amide bonds. The van der Waals surface area contributed by atoms with Gasteiger partial charge in [-0.25, -0.2) is 0 Å². The summed E-state index contributed by atoms with van der Waals surface area (Å²) in [5.41, 5.74) is 5.19. The van der Waals surface area contributed by atoms with Gasteiger partial charge in [-0.05, 0) is 69.9 Å². The van der Waals surface area contributed by atoms with Gasteiger partial charge in [0.2, 0.25) is 5.91 Å². The van der Waals surface area contributed by atoms with Crippen molar-refractivity contribution in [3.05, 3.63) is 47.7 Å². The number of methoxy groups -OCH3 is 2. The standard InChI is InChI=1S/C28H33NO5/c1-6-33-27-19(3)28-23(16-21(27)18(2)14-26(30)29-12-8-7-9-13-29)24(17-34-28)22-15-20(31-4)10-11-25(22)32-5/h10-11,14-17H,6-9,12-13H2,1-5H3/b18-14+. The lowest BCUT2D eigenvalue weighted by Crippen LogP contribution is -2.34. The molecule has 6 nitrogen and oxygen atoms in total. The van der Waals surface area contributed by atoms with Crippen molar-refractivity contribution in [2.75, 3.05) is 33.9 Å². The van der Waals surface area contributed by atoms with Crippen LogP contribution in [0.4, 0.5) is 0 Å². The van der Waals surface area contributed by atoms with Crippen molar-refractivity contribution in [1.29, 1.82) is 0 Å². The van der Waals surface area contributed by atoms with Gasteiger partial charge >= 0.3 is 0 Å². The van der Waals surface area contributed by atoms with Crippen LogP contribution in [-0.2, 0) is 4.79 Å². The van der Waals surface area contributed by atoms with Crippen LogP contribution in [0.3, 0.4) is 0 Å². The number of ether oxygens (including phenoxy) is 3. The second-order valence-corrected chi connectivity index (χ2v) is 8.62. The normalized spacial score (nSPS) is 14.4. The number of hydrogen-bond acceptors (Lipinski definition) is 5. The molecule has 3 aromatic rings. The number of hydrogen-bond donors (Lipinski definition) is 0. The molecule has 0 N–H and O–H groups in total. The molecule has 0 radical (unpaired) electrons. The van der Waals surface area contributed by atoms with E-state index in [1.807, 2.05) is 43.9 Å². The highest BCUT2D eigenvalue weighted by atomic mass is 16.5. The number of likely N-dealkylation sites (tertiary alicyclic amines) is 1. The lowest BCUT2D eigenvalue weighted by Gasteiger charge is -2.25. The zero-order valence-electron chi connectivity index (χ0n) is 20.7. The number of carbonyl (C=O) groups excluding carboxylic acids is 1. The van der Waals surface area contributed by atoms with Gasteiger partial charge in [0.1, 0.15) is 22.8 Å². The van der Waals surface area contributed by atoms with E-state index < -0.39 is 0 Å². The Kier molecular flexibility index (Phi) is 7.15. The van der Waals surface area contributed by atoms with E-state index in [1.54, 1.807) is 26.6 Å². The van der Waals surface area contributed by atoms with Gasteiger partial charge in [-0.3, -0.25) is 4.79 Å². The highest BCUT2D eigenvalue weighted by molar-refractivity contribution is 6.02. The van der Waals surface area contributed by atoms with Crippen LogP contribution in [0, 0.1) is 6.92 Å². The van der Waals surface area contributed by atoms with Crippen molar-refractivity contribution in [2.45, 2.75) is 40.0 Å². The Hall–Kier alpha value is -3.41. The van der Waals surface area contributed by atoms with Gasteiger partial charge in [-0.2, -0.15) is 0 Å². The Balaban J connectivity index is 1.86. The lowest BCUT2D eigenvalue weighted by atomic mass is 9.96. The first-order valence-corrected chi connectivity index (χ1v) is 11.9. The molecule has 4 rings (SSSR count). The Labute approximate surface area is 201 Å². The number of aryl methyl sites for hydroxylation is 1. The van der Waals surface area contributed by atoms with Crippen molar-refractivity contribution in [3.8, 4) is 28.4 Å². The molecule has 1 fully saturated rings. The maximum Gasteiger partial charge on any atom is 0.246 e. The molecule has 2 aromatic carbocycles. The number of allylic oxidation sites excluding steroid dienone is 1. The molecule has 1 saturated heterocycles. The van der Waals surface area contributed by atoms with Crippen molar-refractivity contribution >= 4 is 22.4 Å². The summed E-state index contributed by atoms with van der Waals surface area (Å²) in [7, 11) is 3.29. The third-order valence-electron chi connectivity index (χ3n) is 6.46. The van der Waals surface area contributed by atoms with E-state index in [4.69, 9.17) is 18.6 Å². The Morgan fingerprint density at radius 2 is 1.85 bits per heavy atom. The van der Waals surface area contributed by atoms with Gasteiger partial charge in [0.15, 0.2) is 0 Å². The first-order chi connectivity index (χ1) is 16.5. The highest BCUT2D eigenvalue weighted by Gasteiger charge is 2.22. The zero-order chi connectivity index (χ0) is 24.2. The summed E-state index contributed by atoms with van der Waals surface area (Å²) < 4.78 is 23.2. The second-order valence-electron chi connectivity index (χ2n) is 8.62. The first kappa shape index (κ1) is 23.7. The molecule has 34 heavy (non-hydrogen) atoms. The van der Waals surface area contributed by atoms with Gasteiger partial charge in [-0.1, -0.05) is 0 Å². The minimum atomic E-state index is 0.0549. The minimum absolute atomic E-state index is 0.0549. The van der Waals surface area contributed by atoms with Gasteiger partial charge in [0.25, 0.3) is 0 Å². The third-order valence-corrected chi connectivity index (χ3v) is 6.46. The van der Waals surface area contributed by atoms with Crippen LogP contribution in [0.5, 0.6) is 17.2 Å². The number of rotatable bonds is 7. The lowest BCUT2D eigenvalue weighted by molar-refractivity contribution is -0.126. The number of carbonyl (C=O) groups is 1. The largest absolute Gasteiger partial charge is 0.497 e. The first-order valence-electron chi connectivity index (χ1n) is 11.9. The van der Waals surface area contributed by atoms with E-state index in [9.17, 15) is 4.79 Å². The van der Waals surface area contributed by atoms with Crippen LogP contribution in [0.15, 0.2) is 41.0 Å². The van der Waals surface area contributed by atoms with Crippen molar-refractivity contribution < 1.29 is 23.4 Å². The van der Waals surface area contributed by atoms with Crippen LogP contribution in [0.2, 0.25) is 0 Å². The number of amides is 1. The predicted molar refractivity (Wildman–Crippen MR) is 135 cm³/mol. The van der Waals surface area contributed by atoms with E-state index in [1.165, 1.54) is 6.42 Å².